The van der Waals surface area contributed by atoms with Gasteiger partial charge in [-0.05, 0) is 18.8 Å². The van der Waals surface area contributed by atoms with E-state index in [0.717, 1.165) is 26.2 Å². The molecule has 0 amide bonds. The van der Waals surface area contributed by atoms with Crippen molar-refractivity contribution < 1.29 is 9.47 Å². The summed E-state index contributed by atoms with van der Waals surface area (Å²) in [7, 11) is 0. The molecule has 1 heterocycles. The van der Waals surface area contributed by atoms with E-state index in [4.69, 9.17) is 9.47 Å². The maximum Gasteiger partial charge on any atom is 0.0932 e. The molecule has 0 radical (unpaired) electrons. The number of hydrogen-bond donors (Lipinski definition) is 1. The lowest BCUT2D eigenvalue weighted by molar-refractivity contribution is -0.00409. The topological polar surface area (TPSA) is 30.5 Å². The molecule has 2 atom stereocenters. The highest BCUT2D eigenvalue weighted by Crippen LogP contribution is 2.23. The van der Waals surface area contributed by atoms with E-state index in [2.05, 4.69) is 26.1 Å². The standard InChI is InChI=1S/C12H25NO2/c1-5-14-9-10-8-13-11(6-7-15-10)12(2,3)4/h10-11,13H,5-9H2,1-4H3. The summed E-state index contributed by atoms with van der Waals surface area (Å²) in [6, 6.07) is 0.545. The average Bonchev–Trinajstić information content (AvgIpc) is 2.38. The Balaban J connectivity index is 2.35. The first-order chi connectivity index (χ1) is 7.04. The van der Waals surface area contributed by atoms with E-state index in [1.54, 1.807) is 0 Å². The molecule has 1 fully saturated rings. The zero-order chi connectivity index (χ0) is 11.3. The van der Waals surface area contributed by atoms with Crippen LogP contribution in [-0.2, 0) is 9.47 Å². The fourth-order valence-corrected chi connectivity index (χ4v) is 1.88. The van der Waals surface area contributed by atoms with Gasteiger partial charge < -0.3 is 14.8 Å². The van der Waals surface area contributed by atoms with Crippen LogP contribution in [0.1, 0.15) is 34.1 Å². The Labute approximate surface area is 93.5 Å². The summed E-state index contributed by atoms with van der Waals surface area (Å²) in [6.45, 7) is 12.0. The predicted octanol–water partition coefficient (Wildman–Crippen LogP) is 1.82. The van der Waals surface area contributed by atoms with Gasteiger partial charge in [-0.15, -0.1) is 0 Å². The zero-order valence-electron chi connectivity index (χ0n) is 10.5. The Morgan fingerprint density at radius 3 is 2.73 bits per heavy atom. The molecule has 0 aromatic carbocycles. The molecule has 3 heteroatoms. The normalized spacial score (nSPS) is 28.8. The second-order valence-corrected chi connectivity index (χ2v) is 5.27. The fraction of sp³-hybridized carbons (Fsp3) is 1.00. The van der Waals surface area contributed by atoms with E-state index in [0.29, 0.717) is 18.1 Å². The summed E-state index contributed by atoms with van der Waals surface area (Å²) in [5.74, 6) is 0. The Bertz CT molecular complexity index is 177. The molecule has 3 nitrogen and oxygen atoms in total. The van der Waals surface area contributed by atoms with Gasteiger partial charge >= 0.3 is 0 Å². The quantitative estimate of drug-likeness (QED) is 0.779. The van der Waals surface area contributed by atoms with Crippen LogP contribution in [0.15, 0.2) is 0 Å². The van der Waals surface area contributed by atoms with Crippen LogP contribution in [0.5, 0.6) is 0 Å². The van der Waals surface area contributed by atoms with Crippen molar-refractivity contribution in [2.24, 2.45) is 5.41 Å². The minimum atomic E-state index is 0.220. The van der Waals surface area contributed by atoms with Gasteiger partial charge in [0, 0.05) is 25.8 Å². The number of hydrogen-bond acceptors (Lipinski definition) is 3. The van der Waals surface area contributed by atoms with Crippen molar-refractivity contribution in [1.82, 2.24) is 5.32 Å². The molecule has 0 saturated carbocycles. The first-order valence-electron chi connectivity index (χ1n) is 5.96. The number of nitrogens with one attached hydrogen (secondary N) is 1. The minimum Gasteiger partial charge on any atom is -0.379 e. The van der Waals surface area contributed by atoms with Gasteiger partial charge in [-0.3, -0.25) is 0 Å². The first kappa shape index (κ1) is 12.9. The Hall–Kier alpha value is -0.120. The van der Waals surface area contributed by atoms with E-state index in [1.807, 2.05) is 6.92 Å². The van der Waals surface area contributed by atoms with Crippen LogP contribution in [0.25, 0.3) is 0 Å². The monoisotopic (exact) mass is 215 g/mol. The molecule has 0 aromatic heterocycles. The molecule has 15 heavy (non-hydrogen) atoms. The summed E-state index contributed by atoms with van der Waals surface area (Å²) in [6.07, 6.45) is 1.31. The molecular formula is C12H25NO2. The summed E-state index contributed by atoms with van der Waals surface area (Å²) in [4.78, 5) is 0. The summed E-state index contributed by atoms with van der Waals surface area (Å²) in [5.41, 5.74) is 0.309. The van der Waals surface area contributed by atoms with Gasteiger partial charge in [-0.1, -0.05) is 20.8 Å². The van der Waals surface area contributed by atoms with Crippen LogP contribution in [0.2, 0.25) is 0 Å². The summed E-state index contributed by atoms with van der Waals surface area (Å²) >= 11 is 0. The van der Waals surface area contributed by atoms with Gasteiger partial charge in [-0.2, -0.15) is 0 Å². The average molecular weight is 215 g/mol. The molecule has 1 aliphatic heterocycles. The molecular weight excluding hydrogens is 190 g/mol. The third kappa shape index (κ3) is 4.49. The fourth-order valence-electron chi connectivity index (χ4n) is 1.88. The third-order valence-corrected chi connectivity index (χ3v) is 2.91. The molecule has 0 bridgehead atoms. The maximum absolute atomic E-state index is 5.74. The van der Waals surface area contributed by atoms with Crippen LogP contribution >= 0.6 is 0 Å². The van der Waals surface area contributed by atoms with Crippen molar-refractivity contribution in [1.29, 1.82) is 0 Å². The molecule has 1 aliphatic rings. The zero-order valence-corrected chi connectivity index (χ0v) is 10.5. The lowest BCUT2D eigenvalue weighted by Gasteiger charge is -2.30. The van der Waals surface area contributed by atoms with Crippen LogP contribution in [0.3, 0.4) is 0 Å². The predicted molar refractivity (Wildman–Crippen MR) is 62.1 cm³/mol. The molecule has 0 aromatic rings. The van der Waals surface area contributed by atoms with Gasteiger partial charge in [-0.25, -0.2) is 0 Å². The van der Waals surface area contributed by atoms with Crippen molar-refractivity contribution in [2.45, 2.75) is 46.3 Å². The molecule has 0 spiro atoms. The van der Waals surface area contributed by atoms with Crippen molar-refractivity contribution in [3.05, 3.63) is 0 Å². The van der Waals surface area contributed by atoms with E-state index < -0.39 is 0 Å². The smallest absolute Gasteiger partial charge is 0.0932 e. The van der Waals surface area contributed by atoms with Gasteiger partial charge in [0.05, 0.1) is 12.7 Å². The van der Waals surface area contributed by atoms with E-state index in [1.165, 1.54) is 0 Å². The SMILES string of the molecule is CCOCC1CNC(C(C)(C)C)CCO1. The van der Waals surface area contributed by atoms with Crippen molar-refractivity contribution in [3.8, 4) is 0 Å². The number of ether oxygens (including phenoxy) is 2. The van der Waals surface area contributed by atoms with Gasteiger partial charge in [0.25, 0.3) is 0 Å². The highest BCUT2D eigenvalue weighted by atomic mass is 16.5. The van der Waals surface area contributed by atoms with Crippen molar-refractivity contribution >= 4 is 0 Å². The second-order valence-electron chi connectivity index (χ2n) is 5.27. The molecule has 2 unspecified atom stereocenters. The minimum absolute atomic E-state index is 0.220. The lowest BCUT2D eigenvalue weighted by atomic mass is 9.85. The summed E-state index contributed by atoms with van der Waals surface area (Å²) < 4.78 is 11.1. The van der Waals surface area contributed by atoms with Gasteiger partial charge in [0.1, 0.15) is 0 Å². The van der Waals surface area contributed by atoms with Crippen LogP contribution < -0.4 is 5.32 Å². The van der Waals surface area contributed by atoms with Crippen molar-refractivity contribution in [2.75, 3.05) is 26.4 Å². The van der Waals surface area contributed by atoms with Gasteiger partial charge in [0.2, 0.25) is 0 Å². The summed E-state index contributed by atoms with van der Waals surface area (Å²) in [5, 5.41) is 3.58. The van der Waals surface area contributed by atoms with Crippen molar-refractivity contribution in [3.63, 3.8) is 0 Å². The van der Waals surface area contributed by atoms with Crippen LogP contribution in [-0.4, -0.2) is 38.5 Å². The molecule has 0 aliphatic carbocycles. The van der Waals surface area contributed by atoms with Gasteiger partial charge in [0.15, 0.2) is 0 Å². The Morgan fingerprint density at radius 1 is 1.40 bits per heavy atom. The molecule has 1 rings (SSSR count). The lowest BCUT2D eigenvalue weighted by Crippen LogP contribution is -2.42. The second kappa shape index (κ2) is 5.83. The Morgan fingerprint density at radius 2 is 2.13 bits per heavy atom. The number of rotatable bonds is 3. The highest BCUT2D eigenvalue weighted by molar-refractivity contribution is 4.83. The highest BCUT2D eigenvalue weighted by Gasteiger charge is 2.27. The molecule has 90 valence electrons. The van der Waals surface area contributed by atoms with Crippen LogP contribution in [0.4, 0.5) is 0 Å². The van der Waals surface area contributed by atoms with E-state index >= 15 is 0 Å². The molecule has 1 N–H and O–H groups in total. The Kier molecular flexibility index (Phi) is 5.03. The van der Waals surface area contributed by atoms with E-state index in [9.17, 15) is 0 Å². The van der Waals surface area contributed by atoms with E-state index in [-0.39, 0.29) is 6.10 Å². The maximum atomic E-state index is 5.74. The van der Waals surface area contributed by atoms with Crippen LogP contribution in [0, 0.1) is 5.41 Å². The largest absolute Gasteiger partial charge is 0.379 e. The molecule has 1 saturated heterocycles. The third-order valence-electron chi connectivity index (χ3n) is 2.91. The first-order valence-corrected chi connectivity index (χ1v) is 5.96.